The van der Waals surface area contributed by atoms with Gasteiger partial charge in [0.1, 0.15) is 6.54 Å². The van der Waals surface area contributed by atoms with Crippen molar-refractivity contribution in [2.24, 2.45) is 0 Å². The van der Waals surface area contributed by atoms with E-state index in [1.807, 2.05) is 24.3 Å². The highest BCUT2D eigenvalue weighted by molar-refractivity contribution is 5.99. The summed E-state index contributed by atoms with van der Waals surface area (Å²) in [6, 6.07) is 9.98. The molecule has 1 aliphatic carbocycles. The van der Waals surface area contributed by atoms with Crippen LogP contribution in [-0.4, -0.2) is 35.7 Å². The molecule has 0 spiro atoms. The van der Waals surface area contributed by atoms with Gasteiger partial charge < -0.3 is 14.4 Å². The number of carbonyl (C=O) groups excluding carboxylic acids is 2. The first-order chi connectivity index (χ1) is 12.1. The van der Waals surface area contributed by atoms with E-state index >= 15 is 0 Å². The molecular weight excluding hydrogens is 320 g/mol. The number of hydrogen-bond acceptors (Lipinski definition) is 5. The molecule has 0 radical (unpaired) electrons. The normalized spacial score (nSPS) is 28.5. The lowest BCUT2D eigenvalue weighted by molar-refractivity contribution is -0.152. The van der Waals surface area contributed by atoms with E-state index < -0.39 is 12.3 Å². The molecule has 0 bridgehead atoms. The van der Waals surface area contributed by atoms with Gasteiger partial charge in [-0.3, -0.25) is 4.79 Å². The Morgan fingerprint density at radius 2 is 2.20 bits per heavy atom. The fourth-order valence-electron chi connectivity index (χ4n) is 3.79. The van der Waals surface area contributed by atoms with Crippen molar-refractivity contribution < 1.29 is 19.1 Å². The molecule has 4 rings (SSSR count). The van der Waals surface area contributed by atoms with Crippen molar-refractivity contribution in [1.82, 2.24) is 4.90 Å². The summed E-state index contributed by atoms with van der Waals surface area (Å²) < 4.78 is 10.6. The summed E-state index contributed by atoms with van der Waals surface area (Å²) in [5, 5.41) is 9.07. The summed E-state index contributed by atoms with van der Waals surface area (Å²) in [6.07, 6.45) is 2.88. The standard InChI is InChI=1S/C19H16N2O4/c1-11-8-16(25-19(11)23)24-10-14-17-13-5-3-2-4-12(13)9-15(17)21(7-6-20)18(14)22/h2-5,8,10,15-17H,7,9H2,1H3/b14-10-. The lowest BCUT2D eigenvalue weighted by atomic mass is 9.94. The van der Waals surface area contributed by atoms with E-state index in [2.05, 4.69) is 6.07 Å². The van der Waals surface area contributed by atoms with Crippen LogP contribution in [0.1, 0.15) is 24.0 Å². The number of rotatable bonds is 3. The summed E-state index contributed by atoms with van der Waals surface area (Å²) in [6.45, 7) is 1.69. The van der Waals surface area contributed by atoms with Crippen LogP contribution < -0.4 is 0 Å². The van der Waals surface area contributed by atoms with Crippen LogP contribution in [0.5, 0.6) is 0 Å². The number of esters is 1. The largest absolute Gasteiger partial charge is 0.458 e. The van der Waals surface area contributed by atoms with Crippen molar-refractivity contribution >= 4 is 11.9 Å². The number of cyclic esters (lactones) is 1. The Morgan fingerprint density at radius 3 is 2.92 bits per heavy atom. The summed E-state index contributed by atoms with van der Waals surface area (Å²) in [7, 11) is 0. The van der Waals surface area contributed by atoms with Crippen molar-refractivity contribution in [2.75, 3.05) is 6.54 Å². The zero-order valence-corrected chi connectivity index (χ0v) is 13.6. The maximum atomic E-state index is 12.8. The van der Waals surface area contributed by atoms with Gasteiger partial charge in [0.25, 0.3) is 12.2 Å². The summed E-state index contributed by atoms with van der Waals surface area (Å²) in [5.74, 6) is -0.744. The topological polar surface area (TPSA) is 79.6 Å². The van der Waals surface area contributed by atoms with E-state index in [0.717, 1.165) is 12.0 Å². The van der Waals surface area contributed by atoms with E-state index in [4.69, 9.17) is 14.7 Å². The number of carbonyl (C=O) groups is 2. The predicted molar refractivity (Wildman–Crippen MR) is 86.8 cm³/mol. The van der Waals surface area contributed by atoms with Crippen LogP contribution in [0.2, 0.25) is 0 Å². The summed E-state index contributed by atoms with van der Waals surface area (Å²) in [5.41, 5.74) is 3.25. The van der Waals surface area contributed by atoms with Gasteiger partial charge in [-0.1, -0.05) is 24.3 Å². The van der Waals surface area contributed by atoms with Gasteiger partial charge in [-0.2, -0.15) is 5.26 Å². The van der Waals surface area contributed by atoms with Gasteiger partial charge in [0.05, 0.1) is 17.9 Å². The molecule has 6 nitrogen and oxygen atoms in total. The number of benzene rings is 1. The van der Waals surface area contributed by atoms with Crippen LogP contribution in [0.3, 0.4) is 0 Å². The molecule has 1 amide bonds. The van der Waals surface area contributed by atoms with Crippen LogP contribution in [0.25, 0.3) is 0 Å². The van der Waals surface area contributed by atoms with Gasteiger partial charge in [0.2, 0.25) is 0 Å². The molecule has 0 N–H and O–H groups in total. The Balaban J connectivity index is 1.66. The van der Waals surface area contributed by atoms with Crippen molar-refractivity contribution in [3.8, 4) is 6.07 Å². The number of likely N-dealkylation sites (tertiary alicyclic amines) is 1. The second-order valence-corrected chi connectivity index (χ2v) is 6.37. The van der Waals surface area contributed by atoms with E-state index in [-0.39, 0.29) is 24.4 Å². The lowest BCUT2D eigenvalue weighted by Crippen LogP contribution is -2.34. The lowest BCUT2D eigenvalue weighted by Gasteiger charge is -2.19. The Labute approximate surface area is 144 Å². The quantitative estimate of drug-likeness (QED) is 0.364. The van der Waals surface area contributed by atoms with Crippen LogP contribution in [0, 0.1) is 11.3 Å². The van der Waals surface area contributed by atoms with E-state index in [1.165, 1.54) is 11.8 Å². The Hall–Kier alpha value is -3.07. The van der Waals surface area contributed by atoms with Gasteiger partial charge in [0.15, 0.2) is 0 Å². The molecular formula is C19H16N2O4. The molecule has 3 aliphatic rings. The maximum absolute atomic E-state index is 12.8. The molecule has 25 heavy (non-hydrogen) atoms. The third kappa shape index (κ3) is 2.40. The van der Waals surface area contributed by atoms with Crippen molar-refractivity contribution in [3.63, 3.8) is 0 Å². The molecule has 1 saturated heterocycles. The highest BCUT2D eigenvalue weighted by atomic mass is 16.7. The smallest absolute Gasteiger partial charge is 0.336 e. The molecule has 3 unspecified atom stereocenters. The predicted octanol–water partition coefficient (Wildman–Crippen LogP) is 1.79. The molecule has 3 atom stereocenters. The van der Waals surface area contributed by atoms with Gasteiger partial charge in [-0.25, -0.2) is 4.79 Å². The minimum atomic E-state index is -0.812. The number of fused-ring (bicyclic) bond motifs is 3. The second-order valence-electron chi connectivity index (χ2n) is 6.37. The number of nitrogens with zero attached hydrogens (tertiary/aromatic N) is 2. The first-order valence-corrected chi connectivity index (χ1v) is 8.11. The molecule has 2 aliphatic heterocycles. The highest BCUT2D eigenvalue weighted by Gasteiger charge is 2.49. The van der Waals surface area contributed by atoms with Crippen LogP contribution in [-0.2, 0) is 25.5 Å². The van der Waals surface area contributed by atoms with Crippen molar-refractivity contribution in [3.05, 3.63) is 58.9 Å². The SMILES string of the molecule is CC1=CC(O/C=C2\C(=O)N(CC#N)C3Cc4ccccc4C23)OC1=O. The maximum Gasteiger partial charge on any atom is 0.336 e. The number of amides is 1. The van der Waals surface area contributed by atoms with Crippen LogP contribution >= 0.6 is 0 Å². The fourth-order valence-corrected chi connectivity index (χ4v) is 3.79. The van der Waals surface area contributed by atoms with Crippen LogP contribution in [0.4, 0.5) is 0 Å². The summed E-state index contributed by atoms with van der Waals surface area (Å²) >= 11 is 0. The van der Waals surface area contributed by atoms with Crippen molar-refractivity contribution in [1.29, 1.82) is 5.26 Å². The van der Waals surface area contributed by atoms with E-state index in [9.17, 15) is 9.59 Å². The molecule has 1 aromatic rings. The molecule has 0 saturated carbocycles. The van der Waals surface area contributed by atoms with Crippen molar-refractivity contribution in [2.45, 2.75) is 31.6 Å². The molecule has 0 aromatic heterocycles. The Morgan fingerprint density at radius 1 is 1.40 bits per heavy atom. The number of nitriles is 1. The third-order valence-corrected chi connectivity index (χ3v) is 4.95. The fraction of sp³-hybridized carbons (Fsp3) is 0.316. The monoisotopic (exact) mass is 336 g/mol. The van der Waals surface area contributed by atoms with Gasteiger partial charge in [-0.05, 0) is 24.5 Å². The van der Waals surface area contributed by atoms with E-state index in [1.54, 1.807) is 17.9 Å². The van der Waals surface area contributed by atoms with Crippen LogP contribution in [0.15, 0.2) is 47.7 Å². The molecule has 6 heteroatoms. The first-order valence-electron chi connectivity index (χ1n) is 8.11. The average Bonchev–Trinajstić information content (AvgIpc) is 3.20. The Bertz CT molecular complexity index is 864. The molecule has 1 aromatic carbocycles. The molecule has 2 heterocycles. The van der Waals surface area contributed by atoms with Gasteiger partial charge >= 0.3 is 5.97 Å². The molecule has 126 valence electrons. The Kier molecular flexibility index (Phi) is 3.57. The second kappa shape index (κ2) is 5.78. The van der Waals surface area contributed by atoms with Gasteiger partial charge in [0, 0.05) is 23.6 Å². The minimum Gasteiger partial charge on any atom is -0.458 e. The minimum absolute atomic E-state index is 0.0444. The third-order valence-electron chi connectivity index (χ3n) is 4.95. The average molecular weight is 336 g/mol. The zero-order chi connectivity index (χ0) is 17.6. The first kappa shape index (κ1) is 15.5. The van der Waals surface area contributed by atoms with Gasteiger partial charge in [-0.15, -0.1) is 0 Å². The zero-order valence-electron chi connectivity index (χ0n) is 13.6. The molecule has 1 fully saturated rings. The number of ether oxygens (including phenoxy) is 2. The summed E-state index contributed by atoms with van der Waals surface area (Å²) in [4.78, 5) is 25.8. The highest BCUT2D eigenvalue weighted by Crippen LogP contribution is 2.46. The van der Waals surface area contributed by atoms with E-state index in [0.29, 0.717) is 11.1 Å². The number of hydrogen-bond donors (Lipinski definition) is 0.